The van der Waals surface area contributed by atoms with Crippen LogP contribution in [0.15, 0.2) is 114 Å². The number of hydrogen-bond donors (Lipinski definition) is 2. The Bertz CT molecular complexity index is 1910. The van der Waals surface area contributed by atoms with Crippen molar-refractivity contribution >= 4 is 52.1 Å². The van der Waals surface area contributed by atoms with Gasteiger partial charge in [0.05, 0.1) is 17.9 Å². The highest BCUT2D eigenvalue weighted by Crippen LogP contribution is 2.33. The number of nitrogens with zero attached hydrogens (tertiary/aromatic N) is 1. The van der Waals surface area contributed by atoms with E-state index in [0.29, 0.717) is 17.9 Å². The summed E-state index contributed by atoms with van der Waals surface area (Å²) in [6.07, 6.45) is 5.79. The molecule has 1 aliphatic rings. The number of para-hydroxylation sites is 1. The summed E-state index contributed by atoms with van der Waals surface area (Å²) in [5.74, 6) is 0.162. The Morgan fingerprint density at radius 1 is 0.870 bits per heavy atom. The average Bonchev–Trinajstić information content (AvgIpc) is 3.43. The summed E-state index contributed by atoms with van der Waals surface area (Å²) in [5, 5.41) is 6.87. The van der Waals surface area contributed by atoms with Gasteiger partial charge in [-0.1, -0.05) is 54.6 Å². The lowest BCUT2D eigenvalue weighted by molar-refractivity contribution is -0.113. The van der Waals surface area contributed by atoms with Crippen molar-refractivity contribution in [2.45, 2.75) is 37.5 Å². The van der Waals surface area contributed by atoms with E-state index in [4.69, 9.17) is 4.74 Å². The third-order valence-corrected chi connectivity index (χ3v) is 8.89. The number of fused-ring (bicyclic) bond motifs is 3. The quantitative estimate of drug-likeness (QED) is 0.122. The zero-order valence-electron chi connectivity index (χ0n) is 25.6. The van der Waals surface area contributed by atoms with E-state index in [1.807, 2.05) is 78.2 Å². The number of ether oxygens (including phenoxy) is 1. The molecule has 2 N–H and O–H groups in total. The minimum Gasteiger partial charge on any atom is -0.494 e. The monoisotopic (exact) mass is 629 g/mol. The lowest BCUT2D eigenvalue weighted by Crippen LogP contribution is -2.30. The van der Waals surface area contributed by atoms with Crippen molar-refractivity contribution < 1.29 is 19.1 Å². The molecule has 8 heteroatoms. The number of carbonyl (C=O) groups is 3. The second-order valence-corrected chi connectivity index (χ2v) is 12.1. The highest BCUT2D eigenvalue weighted by Gasteiger charge is 2.23. The Labute approximate surface area is 272 Å². The zero-order valence-corrected chi connectivity index (χ0v) is 26.4. The smallest absolute Gasteiger partial charge is 0.272 e. The third-order valence-electron chi connectivity index (χ3n) is 7.91. The summed E-state index contributed by atoms with van der Waals surface area (Å²) < 4.78 is 7.44. The first-order valence-corrected chi connectivity index (χ1v) is 16.5. The lowest BCUT2D eigenvalue weighted by atomic mass is 9.96. The zero-order chi connectivity index (χ0) is 31.9. The minimum atomic E-state index is -0.471. The van der Waals surface area contributed by atoms with Crippen LogP contribution in [-0.4, -0.2) is 34.6 Å². The van der Waals surface area contributed by atoms with Gasteiger partial charge in [-0.15, -0.1) is 11.8 Å². The summed E-state index contributed by atoms with van der Waals surface area (Å²) in [5.41, 5.74) is 5.23. The number of hydrogen-bond acceptors (Lipinski definition) is 5. The second-order valence-electron chi connectivity index (χ2n) is 11.0. The summed E-state index contributed by atoms with van der Waals surface area (Å²) in [7, 11) is 0. The van der Waals surface area contributed by atoms with Crippen molar-refractivity contribution in [1.82, 2.24) is 9.88 Å². The van der Waals surface area contributed by atoms with E-state index in [1.54, 1.807) is 36.4 Å². The molecule has 46 heavy (non-hydrogen) atoms. The average molecular weight is 630 g/mol. The van der Waals surface area contributed by atoms with Gasteiger partial charge in [-0.2, -0.15) is 0 Å². The number of carbonyl (C=O) groups excluding carboxylic acids is 3. The molecule has 0 spiro atoms. The highest BCUT2D eigenvalue weighted by atomic mass is 32.2. The summed E-state index contributed by atoms with van der Waals surface area (Å²) >= 11 is 1.43. The van der Waals surface area contributed by atoms with E-state index in [9.17, 15) is 14.4 Å². The van der Waals surface area contributed by atoms with Crippen LogP contribution in [-0.2, 0) is 17.6 Å². The Hall–Kier alpha value is -5.08. The van der Waals surface area contributed by atoms with Crippen molar-refractivity contribution in [3.05, 3.63) is 131 Å². The SMILES string of the molecule is CCOc1ccc(/C=C(\NC(=O)c2ccccc2)C(=O)Nc2cccc(SCC(=O)n3c4c(c5ccccc53)CCCC4)c2)cc1. The van der Waals surface area contributed by atoms with Crippen LogP contribution in [0, 0.1) is 0 Å². The molecule has 0 aliphatic heterocycles. The number of thioether (sulfide) groups is 1. The molecule has 6 rings (SSSR count). The number of rotatable bonds is 10. The number of benzene rings is 4. The number of aryl methyl sites for hydroxylation is 1. The second kappa shape index (κ2) is 14.3. The van der Waals surface area contributed by atoms with Crippen molar-refractivity contribution in [3.8, 4) is 5.75 Å². The first-order valence-electron chi connectivity index (χ1n) is 15.5. The third kappa shape index (κ3) is 7.08. The molecule has 0 bridgehead atoms. The van der Waals surface area contributed by atoms with E-state index in [0.717, 1.165) is 53.1 Å². The van der Waals surface area contributed by atoms with Crippen LogP contribution < -0.4 is 15.4 Å². The molecule has 232 valence electrons. The normalized spacial score (nSPS) is 12.8. The molecule has 5 aromatic rings. The van der Waals surface area contributed by atoms with Crippen LogP contribution in [0.4, 0.5) is 5.69 Å². The van der Waals surface area contributed by atoms with Crippen LogP contribution in [0.2, 0.25) is 0 Å². The fraction of sp³-hybridized carbons (Fsp3) is 0.184. The van der Waals surface area contributed by atoms with Crippen LogP contribution in [0.25, 0.3) is 17.0 Å². The molecule has 1 aromatic heterocycles. The molecule has 4 aromatic carbocycles. The van der Waals surface area contributed by atoms with Gasteiger partial charge in [0.1, 0.15) is 11.4 Å². The Morgan fingerprint density at radius 2 is 1.63 bits per heavy atom. The van der Waals surface area contributed by atoms with Gasteiger partial charge in [0, 0.05) is 27.2 Å². The van der Waals surface area contributed by atoms with E-state index in [-0.39, 0.29) is 17.4 Å². The van der Waals surface area contributed by atoms with Crippen molar-refractivity contribution in [2.24, 2.45) is 0 Å². The fourth-order valence-electron chi connectivity index (χ4n) is 5.79. The summed E-state index contributed by atoms with van der Waals surface area (Å²) in [4.78, 5) is 41.0. The molecule has 1 heterocycles. The largest absolute Gasteiger partial charge is 0.494 e. The van der Waals surface area contributed by atoms with Crippen molar-refractivity contribution in [1.29, 1.82) is 0 Å². The Balaban J connectivity index is 1.18. The van der Waals surface area contributed by atoms with Crippen LogP contribution in [0.1, 0.15) is 51.7 Å². The van der Waals surface area contributed by atoms with E-state index in [1.165, 1.54) is 22.7 Å². The molecule has 7 nitrogen and oxygen atoms in total. The summed E-state index contributed by atoms with van der Waals surface area (Å²) in [6, 6.07) is 31.6. The van der Waals surface area contributed by atoms with Gasteiger partial charge in [-0.3, -0.25) is 19.0 Å². The van der Waals surface area contributed by atoms with E-state index in [2.05, 4.69) is 16.7 Å². The number of anilines is 1. The molecule has 0 atom stereocenters. The standard InChI is InChI=1S/C38H35N3O4S/c1-2-45-29-21-19-26(20-22-29)23-33(40-37(43)27-11-4-3-5-12-27)38(44)39-28-13-10-14-30(24-28)46-25-36(42)41-34-17-8-6-15-31(34)32-16-7-9-18-35(32)41/h3-6,8,10-15,17,19-24H,2,7,9,16,18,25H2,1H3,(H,39,44)(H,40,43)/b33-23-. The molecule has 2 amide bonds. The van der Waals surface area contributed by atoms with Crippen molar-refractivity contribution in [3.63, 3.8) is 0 Å². The predicted molar refractivity (Wildman–Crippen MR) is 184 cm³/mol. The lowest BCUT2D eigenvalue weighted by Gasteiger charge is -2.15. The van der Waals surface area contributed by atoms with Gasteiger partial charge >= 0.3 is 0 Å². The molecule has 0 saturated heterocycles. The molecule has 0 radical (unpaired) electrons. The maximum Gasteiger partial charge on any atom is 0.272 e. The minimum absolute atomic E-state index is 0.0444. The van der Waals surface area contributed by atoms with Gasteiger partial charge in [-0.05, 0) is 98.3 Å². The van der Waals surface area contributed by atoms with Gasteiger partial charge in [0.2, 0.25) is 5.91 Å². The van der Waals surface area contributed by atoms with Crippen LogP contribution in [0.5, 0.6) is 5.75 Å². The predicted octanol–water partition coefficient (Wildman–Crippen LogP) is 7.76. The molecule has 0 unspecified atom stereocenters. The topological polar surface area (TPSA) is 89.4 Å². The van der Waals surface area contributed by atoms with Gasteiger partial charge < -0.3 is 15.4 Å². The maximum absolute atomic E-state index is 13.6. The highest BCUT2D eigenvalue weighted by molar-refractivity contribution is 8.00. The number of amides is 2. The molecule has 0 saturated carbocycles. The molecule has 1 aliphatic carbocycles. The number of aromatic nitrogens is 1. The van der Waals surface area contributed by atoms with E-state index >= 15 is 0 Å². The Morgan fingerprint density at radius 3 is 2.43 bits per heavy atom. The van der Waals surface area contributed by atoms with Gasteiger partial charge in [-0.25, -0.2) is 0 Å². The van der Waals surface area contributed by atoms with Crippen molar-refractivity contribution in [2.75, 3.05) is 17.7 Å². The first kappa shape index (κ1) is 30.9. The van der Waals surface area contributed by atoms with E-state index < -0.39 is 11.8 Å². The van der Waals surface area contributed by atoms with Crippen LogP contribution in [0.3, 0.4) is 0 Å². The Kier molecular flexibility index (Phi) is 9.65. The fourth-order valence-corrected chi connectivity index (χ4v) is 6.59. The summed E-state index contributed by atoms with van der Waals surface area (Å²) in [6.45, 7) is 2.46. The number of nitrogens with one attached hydrogen (secondary N) is 2. The maximum atomic E-state index is 13.6. The molecular formula is C38H35N3O4S. The molecule has 0 fully saturated rings. The first-order chi connectivity index (χ1) is 22.5. The van der Waals surface area contributed by atoms with Crippen LogP contribution >= 0.6 is 11.8 Å². The van der Waals surface area contributed by atoms with Gasteiger partial charge in [0.25, 0.3) is 11.8 Å². The van der Waals surface area contributed by atoms with Gasteiger partial charge in [0.15, 0.2) is 0 Å². The molecular weight excluding hydrogens is 595 g/mol.